The molecule has 0 amide bonds. The number of hydrogen-bond donors (Lipinski definition) is 1. The fourth-order valence-electron chi connectivity index (χ4n) is 3.29. The molecule has 1 aliphatic heterocycles. The summed E-state index contributed by atoms with van der Waals surface area (Å²) in [7, 11) is -3.11. The summed E-state index contributed by atoms with van der Waals surface area (Å²) in [6.45, 7) is 2.87. The highest BCUT2D eigenvalue weighted by atomic mass is 32.2. The van der Waals surface area contributed by atoms with Crippen LogP contribution in [0.1, 0.15) is 36.8 Å². The minimum atomic E-state index is -3.11. The van der Waals surface area contributed by atoms with Crippen LogP contribution < -0.4 is 4.72 Å². The van der Waals surface area contributed by atoms with Gasteiger partial charge in [-0.15, -0.1) is 0 Å². The second kappa shape index (κ2) is 6.34. The van der Waals surface area contributed by atoms with E-state index in [0.29, 0.717) is 6.54 Å². The minimum Gasteiger partial charge on any atom is -0.468 e. The van der Waals surface area contributed by atoms with Crippen LogP contribution in [-0.2, 0) is 23.1 Å². The molecule has 2 aromatic rings. The molecule has 1 atom stereocenters. The fraction of sp³-hybridized carbons (Fsp3) is 0.562. The van der Waals surface area contributed by atoms with Crippen molar-refractivity contribution in [2.45, 2.75) is 43.6 Å². The molecule has 7 nitrogen and oxygen atoms in total. The van der Waals surface area contributed by atoms with E-state index in [4.69, 9.17) is 4.42 Å². The minimum absolute atomic E-state index is 0.167. The van der Waals surface area contributed by atoms with Crippen molar-refractivity contribution in [2.24, 2.45) is 0 Å². The van der Waals surface area contributed by atoms with Gasteiger partial charge < -0.3 is 4.42 Å². The quantitative estimate of drug-likeness (QED) is 0.819. The highest BCUT2D eigenvalue weighted by Crippen LogP contribution is 2.28. The second-order valence-electron chi connectivity index (χ2n) is 6.60. The maximum Gasteiger partial charge on any atom is 0.214 e. The molecule has 0 spiro atoms. The van der Waals surface area contributed by atoms with Gasteiger partial charge in [0.25, 0.3) is 0 Å². The van der Waals surface area contributed by atoms with E-state index < -0.39 is 10.0 Å². The molecule has 1 saturated carbocycles. The van der Waals surface area contributed by atoms with E-state index in [1.807, 2.05) is 29.1 Å². The van der Waals surface area contributed by atoms with Crippen LogP contribution in [0.25, 0.3) is 0 Å². The summed E-state index contributed by atoms with van der Waals surface area (Å²) in [6.07, 6.45) is 5.81. The Labute approximate surface area is 141 Å². The van der Waals surface area contributed by atoms with Crippen LogP contribution in [0.4, 0.5) is 0 Å². The predicted octanol–water partition coefficient (Wildman–Crippen LogP) is 1.50. The first-order valence-corrected chi connectivity index (χ1v) is 9.92. The summed E-state index contributed by atoms with van der Waals surface area (Å²) >= 11 is 0. The van der Waals surface area contributed by atoms with Crippen LogP contribution in [0.3, 0.4) is 0 Å². The number of nitrogens with one attached hydrogen (secondary N) is 1. The summed E-state index contributed by atoms with van der Waals surface area (Å²) in [5, 5.41) is 4.25. The molecule has 0 bridgehead atoms. The molecule has 1 fully saturated rings. The van der Waals surface area contributed by atoms with E-state index in [0.717, 1.165) is 50.4 Å². The van der Waals surface area contributed by atoms with Crippen LogP contribution in [-0.4, -0.2) is 41.4 Å². The SMILES string of the molecule is O=S(=O)(NCC[C@H]1CN(Cc2ccco2)Cc2ccnn21)C1CC1. The molecular formula is C16H22N4O3S. The van der Waals surface area contributed by atoms with E-state index in [9.17, 15) is 8.42 Å². The summed E-state index contributed by atoms with van der Waals surface area (Å²) in [5.74, 6) is 0.941. The first-order chi connectivity index (χ1) is 11.6. The second-order valence-corrected chi connectivity index (χ2v) is 8.64. The van der Waals surface area contributed by atoms with Gasteiger partial charge in [-0.25, -0.2) is 13.1 Å². The molecule has 0 saturated heterocycles. The average molecular weight is 350 g/mol. The van der Waals surface area contributed by atoms with Crippen LogP contribution in [0.15, 0.2) is 35.1 Å². The van der Waals surface area contributed by atoms with Gasteiger partial charge in [0.2, 0.25) is 10.0 Å². The molecule has 1 aliphatic carbocycles. The standard InChI is InChI=1S/C16H22N4O3S/c21-24(22,16-3-4-16)18-8-6-14-11-19(12-15-2-1-9-23-15)10-13-5-7-17-20(13)14/h1-2,5,7,9,14,16,18H,3-4,6,8,10-12H2/t14-/m0/s1. The van der Waals surface area contributed by atoms with Gasteiger partial charge in [-0.2, -0.15) is 5.10 Å². The number of fused-ring (bicyclic) bond motifs is 1. The smallest absolute Gasteiger partial charge is 0.214 e. The lowest BCUT2D eigenvalue weighted by Crippen LogP contribution is -2.39. The monoisotopic (exact) mass is 350 g/mol. The average Bonchev–Trinajstić information content (AvgIpc) is 3.11. The Balaban J connectivity index is 1.39. The van der Waals surface area contributed by atoms with Gasteiger partial charge >= 0.3 is 0 Å². The lowest BCUT2D eigenvalue weighted by atomic mass is 10.1. The Bertz CT molecular complexity index is 780. The van der Waals surface area contributed by atoms with Crippen molar-refractivity contribution in [3.63, 3.8) is 0 Å². The third-order valence-corrected chi connectivity index (χ3v) is 6.61. The largest absolute Gasteiger partial charge is 0.468 e. The summed E-state index contributed by atoms with van der Waals surface area (Å²) in [5.41, 5.74) is 1.16. The highest BCUT2D eigenvalue weighted by molar-refractivity contribution is 7.90. The van der Waals surface area contributed by atoms with Crippen LogP contribution in [0.5, 0.6) is 0 Å². The summed E-state index contributed by atoms with van der Waals surface area (Å²) in [6, 6.07) is 6.06. The van der Waals surface area contributed by atoms with Gasteiger partial charge in [0.1, 0.15) is 5.76 Å². The Hall–Kier alpha value is -1.64. The number of hydrogen-bond acceptors (Lipinski definition) is 5. The maximum absolute atomic E-state index is 11.9. The normalized spacial score (nSPS) is 21.8. The molecule has 0 unspecified atom stereocenters. The lowest BCUT2D eigenvalue weighted by Gasteiger charge is -2.33. The molecule has 0 radical (unpaired) electrons. The van der Waals surface area contributed by atoms with Crippen molar-refractivity contribution in [1.82, 2.24) is 19.4 Å². The molecule has 3 heterocycles. The van der Waals surface area contributed by atoms with Gasteiger partial charge in [-0.1, -0.05) is 0 Å². The summed E-state index contributed by atoms with van der Waals surface area (Å²) in [4.78, 5) is 2.32. The van der Waals surface area contributed by atoms with Crippen molar-refractivity contribution >= 4 is 10.0 Å². The van der Waals surface area contributed by atoms with E-state index in [-0.39, 0.29) is 11.3 Å². The number of furan rings is 1. The van der Waals surface area contributed by atoms with E-state index in [1.54, 1.807) is 6.26 Å². The summed E-state index contributed by atoms with van der Waals surface area (Å²) < 4.78 is 34.1. The third kappa shape index (κ3) is 3.40. The van der Waals surface area contributed by atoms with Crippen molar-refractivity contribution in [1.29, 1.82) is 0 Å². The van der Waals surface area contributed by atoms with Crippen LogP contribution in [0, 0.1) is 0 Å². The van der Waals surface area contributed by atoms with Crippen molar-refractivity contribution in [2.75, 3.05) is 13.1 Å². The van der Waals surface area contributed by atoms with E-state index >= 15 is 0 Å². The van der Waals surface area contributed by atoms with Gasteiger partial charge in [0, 0.05) is 25.8 Å². The topological polar surface area (TPSA) is 80.4 Å². The number of aromatic nitrogens is 2. The Kier molecular flexibility index (Phi) is 4.19. The van der Waals surface area contributed by atoms with Crippen molar-refractivity contribution < 1.29 is 12.8 Å². The molecule has 130 valence electrons. The molecule has 2 aromatic heterocycles. The zero-order valence-corrected chi connectivity index (χ0v) is 14.3. The maximum atomic E-state index is 11.9. The lowest BCUT2D eigenvalue weighted by molar-refractivity contribution is 0.152. The molecule has 4 rings (SSSR count). The zero-order chi connectivity index (χ0) is 16.6. The highest BCUT2D eigenvalue weighted by Gasteiger charge is 2.35. The fourth-order valence-corrected chi connectivity index (χ4v) is 4.68. The van der Waals surface area contributed by atoms with E-state index in [1.165, 1.54) is 0 Å². The van der Waals surface area contributed by atoms with E-state index in [2.05, 4.69) is 14.7 Å². The Morgan fingerprint density at radius 1 is 1.33 bits per heavy atom. The molecule has 2 aliphatic rings. The molecule has 8 heteroatoms. The van der Waals surface area contributed by atoms with Gasteiger partial charge in [0.05, 0.1) is 29.8 Å². The molecule has 1 N–H and O–H groups in total. The van der Waals surface area contributed by atoms with Crippen molar-refractivity contribution in [3.8, 4) is 0 Å². The Morgan fingerprint density at radius 3 is 2.96 bits per heavy atom. The van der Waals surface area contributed by atoms with Gasteiger partial charge in [0.15, 0.2) is 0 Å². The zero-order valence-electron chi connectivity index (χ0n) is 13.5. The molecule has 0 aromatic carbocycles. The Morgan fingerprint density at radius 2 is 2.21 bits per heavy atom. The number of sulfonamides is 1. The molecular weight excluding hydrogens is 328 g/mol. The number of rotatable bonds is 7. The van der Waals surface area contributed by atoms with Crippen molar-refractivity contribution in [3.05, 3.63) is 42.1 Å². The van der Waals surface area contributed by atoms with Crippen LogP contribution >= 0.6 is 0 Å². The first kappa shape index (κ1) is 15.9. The van der Waals surface area contributed by atoms with Gasteiger partial charge in [-0.3, -0.25) is 9.58 Å². The molecule has 24 heavy (non-hydrogen) atoms. The first-order valence-electron chi connectivity index (χ1n) is 8.37. The third-order valence-electron chi connectivity index (χ3n) is 4.66. The van der Waals surface area contributed by atoms with Gasteiger partial charge in [-0.05, 0) is 37.5 Å². The predicted molar refractivity (Wildman–Crippen MR) is 88.6 cm³/mol. The number of nitrogens with zero attached hydrogens (tertiary/aromatic N) is 3. The van der Waals surface area contributed by atoms with Crippen LogP contribution in [0.2, 0.25) is 0 Å².